The van der Waals surface area contributed by atoms with Crippen molar-refractivity contribution >= 4 is 5.78 Å². The van der Waals surface area contributed by atoms with Gasteiger partial charge >= 0.3 is 0 Å². The zero-order valence-corrected chi connectivity index (χ0v) is 19.8. The van der Waals surface area contributed by atoms with Crippen molar-refractivity contribution in [1.29, 1.82) is 0 Å². The predicted octanol–water partition coefficient (Wildman–Crippen LogP) is 6.66. The van der Waals surface area contributed by atoms with Gasteiger partial charge in [-0.1, -0.05) is 104 Å². The third-order valence-electron chi connectivity index (χ3n) is 5.89. The SMILES string of the molecule is CCCCCCCCCCCCCCCCCC(=O)C(O)C[N+](C)(C)CCC. The molecule has 3 nitrogen and oxygen atoms in total. The number of hydrogen-bond donors (Lipinski definition) is 1. The van der Waals surface area contributed by atoms with Crippen molar-refractivity contribution in [2.75, 3.05) is 27.2 Å². The van der Waals surface area contributed by atoms with Crippen molar-refractivity contribution in [2.24, 2.45) is 0 Å². The Morgan fingerprint density at radius 3 is 1.46 bits per heavy atom. The lowest BCUT2D eigenvalue weighted by Gasteiger charge is -2.31. The maximum absolute atomic E-state index is 12.1. The molecule has 1 atom stereocenters. The van der Waals surface area contributed by atoms with Crippen LogP contribution in [0.1, 0.15) is 123 Å². The van der Waals surface area contributed by atoms with Crippen molar-refractivity contribution < 1.29 is 14.4 Å². The molecule has 0 amide bonds. The number of quaternary nitrogens is 1. The molecule has 3 heteroatoms. The number of aliphatic hydroxyl groups excluding tert-OH is 1. The van der Waals surface area contributed by atoms with Gasteiger partial charge in [0.2, 0.25) is 0 Å². The summed E-state index contributed by atoms with van der Waals surface area (Å²) in [6, 6.07) is 0. The van der Waals surface area contributed by atoms with Crippen LogP contribution in [0.2, 0.25) is 0 Å². The molecule has 0 rings (SSSR count). The zero-order chi connectivity index (χ0) is 21.1. The van der Waals surface area contributed by atoms with Gasteiger partial charge < -0.3 is 9.59 Å². The summed E-state index contributed by atoms with van der Waals surface area (Å²) in [7, 11) is 4.18. The van der Waals surface area contributed by atoms with E-state index in [4.69, 9.17) is 0 Å². The second-order valence-electron chi connectivity index (χ2n) is 9.52. The number of Topliss-reactive ketones (excluding diaryl/α,β-unsaturated/α-hetero) is 1. The fourth-order valence-electron chi connectivity index (χ4n) is 4.10. The number of ketones is 1. The summed E-state index contributed by atoms with van der Waals surface area (Å²) in [5, 5.41) is 10.1. The van der Waals surface area contributed by atoms with Gasteiger partial charge in [-0.15, -0.1) is 0 Å². The molecule has 0 aliphatic rings. The van der Waals surface area contributed by atoms with Gasteiger partial charge in [-0.2, -0.15) is 0 Å². The van der Waals surface area contributed by atoms with E-state index in [-0.39, 0.29) is 5.78 Å². The summed E-state index contributed by atoms with van der Waals surface area (Å²) in [6.07, 6.45) is 20.9. The molecule has 28 heavy (non-hydrogen) atoms. The molecule has 1 unspecified atom stereocenters. The first-order chi connectivity index (χ1) is 13.4. The van der Waals surface area contributed by atoms with Crippen LogP contribution in [0.4, 0.5) is 0 Å². The minimum Gasteiger partial charge on any atom is -0.380 e. The van der Waals surface area contributed by atoms with E-state index in [0.717, 1.165) is 30.3 Å². The Morgan fingerprint density at radius 1 is 0.679 bits per heavy atom. The second-order valence-corrected chi connectivity index (χ2v) is 9.52. The van der Waals surface area contributed by atoms with Gasteiger partial charge in [0, 0.05) is 6.42 Å². The summed E-state index contributed by atoms with van der Waals surface area (Å²) in [4.78, 5) is 12.1. The normalized spacial score (nSPS) is 13.0. The highest BCUT2D eigenvalue weighted by molar-refractivity contribution is 5.82. The number of hydrogen-bond acceptors (Lipinski definition) is 2. The molecule has 0 saturated heterocycles. The lowest BCUT2D eigenvalue weighted by atomic mass is 10.0. The number of nitrogens with zero attached hydrogens (tertiary/aromatic N) is 1. The van der Waals surface area contributed by atoms with Crippen molar-refractivity contribution in [3.8, 4) is 0 Å². The van der Waals surface area contributed by atoms with Gasteiger partial charge in [0.15, 0.2) is 11.9 Å². The first kappa shape index (κ1) is 27.6. The standard InChI is InChI=1S/C25H52NO2/c1-5-7-8-9-10-11-12-13-14-15-16-17-18-19-20-21-24(27)25(28)23-26(3,4)22-6-2/h25,28H,5-23H2,1-4H3/q+1. The van der Waals surface area contributed by atoms with E-state index in [2.05, 4.69) is 27.9 Å². The van der Waals surface area contributed by atoms with Crippen molar-refractivity contribution in [1.82, 2.24) is 0 Å². The fourth-order valence-corrected chi connectivity index (χ4v) is 4.10. The molecule has 0 aliphatic carbocycles. The smallest absolute Gasteiger partial charge is 0.167 e. The Balaban J connectivity index is 3.39. The van der Waals surface area contributed by atoms with E-state index in [1.807, 2.05) is 0 Å². The number of carbonyl (C=O) groups is 1. The van der Waals surface area contributed by atoms with E-state index in [9.17, 15) is 9.90 Å². The van der Waals surface area contributed by atoms with Crippen LogP contribution in [0.15, 0.2) is 0 Å². The molecular formula is C25H52NO2+. The van der Waals surface area contributed by atoms with E-state index in [0.29, 0.717) is 13.0 Å². The van der Waals surface area contributed by atoms with Crippen LogP contribution in [0, 0.1) is 0 Å². The highest BCUT2D eigenvalue weighted by Crippen LogP contribution is 2.14. The largest absolute Gasteiger partial charge is 0.380 e. The number of aliphatic hydroxyl groups is 1. The van der Waals surface area contributed by atoms with Crippen LogP contribution in [0.25, 0.3) is 0 Å². The number of rotatable bonds is 21. The molecule has 0 heterocycles. The third-order valence-corrected chi connectivity index (χ3v) is 5.89. The molecule has 0 fully saturated rings. The average Bonchev–Trinajstić information content (AvgIpc) is 2.64. The Kier molecular flexibility index (Phi) is 18.3. The van der Waals surface area contributed by atoms with E-state index in [1.165, 1.54) is 83.5 Å². The van der Waals surface area contributed by atoms with Crippen molar-refractivity contribution in [3.63, 3.8) is 0 Å². The van der Waals surface area contributed by atoms with Crippen LogP contribution in [-0.2, 0) is 4.79 Å². The minimum absolute atomic E-state index is 0.0389. The Labute approximate surface area is 176 Å². The average molecular weight is 399 g/mol. The van der Waals surface area contributed by atoms with Gasteiger partial charge in [0.1, 0.15) is 6.54 Å². The Morgan fingerprint density at radius 2 is 1.07 bits per heavy atom. The number of carbonyl (C=O) groups excluding carboxylic acids is 1. The van der Waals surface area contributed by atoms with Crippen LogP contribution >= 0.6 is 0 Å². The van der Waals surface area contributed by atoms with E-state index < -0.39 is 6.10 Å². The lowest BCUT2D eigenvalue weighted by Crippen LogP contribution is -2.48. The summed E-state index contributed by atoms with van der Waals surface area (Å²) in [6.45, 7) is 5.97. The third kappa shape index (κ3) is 17.7. The molecule has 0 aliphatic heterocycles. The van der Waals surface area contributed by atoms with Crippen molar-refractivity contribution in [3.05, 3.63) is 0 Å². The van der Waals surface area contributed by atoms with Crippen molar-refractivity contribution in [2.45, 2.75) is 129 Å². The van der Waals surface area contributed by atoms with Crippen LogP contribution < -0.4 is 0 Å². The van der Waals surface area contributed by atoms with Gasteiger partial charge in [-0.05, 0) is 12.8 Å². The van der Waals surface area contributed by atoms with Gasteiger partial charge in [0.05, 0.1) is 20.6 Å². The molecule has 0 aromatic rings. The van der Waals surface area contributed by atoms with Gasteiger partial charge in [-0.25, -0.2) is 0 Å². The van der Waals surface area contributed by atoms with Crippen LogP contribution in [-0.4, -0.2) is 48.7 Å². The molecular weight excluding hydrogens is 346 g/mol. The first-order valence-electron chi connectivity index (χ1n) is 12.5. The molecule has 1 N–H and O–H groups in total. The summed E-state index contributed by atoms with van der Waals surface area (Å²) < 4.78 is 0.724. The molecule has 0 saturated carbocycles. The maximum Gasteiger partial charge on any atom is 0.167 e. The molecule has 0 spiro atoms. The molecule has 0 bridgehead atoms. The Hall–Kier alpha value is -0.410. The summed E-state index contributed by atoms with van der Waals surface area (Å²) in [5.74, 6) is 0.0389. The topological polar surface area (TPSA) is 37.3 Å². The molecule has 0 aromatic carbocycles. The maximum atomic E-state index is 12.1. The number of likely N-dealkylation sites (N-methyl/N-ethyl adjacent to an activating group) is 1. The van der Waals surface area contributed by atoms with Crippen LogP contribution in [0.3, 0.4) is 0 Å². The van der Waals surface area contributed by atoms with Crippen LogP contribution in [0.5, 0.6) is 0 Å². The minimum atomic E-state index is -0.784. The van der Waals surface area contributed by atoms with E-state index in [1.54, 1.807) is 0 Å². The quantitative estimate of drug-likeness (QED) is 0.173. The van der Waals surface area contributed by atoms with Gasteiger partial charge in [0.25, 0.3) is 0 Å². The van der Waals surface area contributed by atoms with E-state index >= 15 is 0 Å². The number of unbranched alkanes of at least 4 members (excludes halogenated alkanes) is 14. The Bertz CT molecular complexity index is 354. The molecule has 0 radical (unpaired) electrons. The summed E-state index contributed by atoms with van der Waals surface area (Å²) in [5.41, 5.74) is 0. The fraction of sp³-hybridized carbons (Fsp3) is 0.960. The monoisotopic (exact) mass is 398 g/mol. The molecule has 0 aromatic heterocycles. The highest BCUT2D eigenvalue weighted by Gasteiger charge is 2.24. The zero-order valence-electron chi connectivity index (χ0n) is 19.8. The summed E-state index contributed by atoms with van der Waals surface area (Å²) >= 11 is 0. The lowest BCUT2D eigenvalue weighted by molar-refractivity contribution is -0.892. The molecule has 168 valence electrons. The second kappa shape index (κ2) is 18.6. The predicted molar refractivity (Wildman–Crippen MR) is 123 cm³/mol. The first-order valence-corrected chi connectivity index (χ1v) is 12.5. The van der Waals surface area contributed by atoms with Gasteiger partial charge in [-0.3, -0.25) is 4.79 Å². The highest BCUT2D eigenvalue weighted by atomic mass is 16.3.